The predicted molar refractivity (Wildman–Crippen MR) is 77.6 cm³/mol. The molecule has 0 radical (unpaired) electrons. The van der Waals surface area contributed by atoms with Crippen molar-refractivity contribution < 1.29 is 0 Å². The molecule has 0 N–H and O–H groups in total. The highest BCUT2D eigenvalue weighted by Crippen LogP contribution is 2.52. The van der Waals surface area contributed by atoms with Crippen molar-refractivity contribution in [1.29, 1.82) is 5.26 Å². The van der Waals surface area contributed by atoms with Crippen molar-refractivity contribution in [3.8, 4) is 6.07 Å². The molecule has 19 heavy (non-hydrogen) atoms. The van der Waals surface area contributed by atoms with Crippen molar-refractivity contribution in [2.45, 2.75) is 71.3 Å². The van der Waals surface area contributed by atoms with E-state index in [4.69, 9.17) is 5.26 Å². The average molecular weight is 260 g/mol. The van der Waals surface area contributed by atoms with Crippen molar-refractivity contribution in [3.63, 3.8) is 0 Å². The number of hydrogen-bond donors (Lipinski definition) is 0. The summed E-state index contributed by atoms with van der Waals surface area (Å²) in [6.45, 7) is 7.38. The molecule has 0 bridgehead atoms. The van der Waals surface area contributed by atoms with Crippen LogP contribution >= 0.6 is 0 Å². The van der Waals surface area contributed by atoms with E-state index in [9.17, 15) is 0 Å². The molecule has 106 valence electrons. The summed E-state index contributed by atoms with van der Waals surface area (Å²) in [6, 6.07) is 3.28. The Kier molecular flexibility index (Phi) is 3.38. The van der Waals surface area contributed by atoms with E-state index >= 15 is 0 Å². The Bertz CT molecular complexity index is 359. The molecule has 0 aromatic carbocycles. The van der Waals surface area contributed by atoms with Crippen LogP contribution in [0.3, 0.4) is 0 Å². The van der Waals surface area contributed by atoms with Crippen LogP contribution in [0, 0.1) is 28.1 Å². The zero-order valence-electron chi connectivity index (χ0n) is 12.6. The van der Waals surface area contributed by atoms with Crippen molar-refractivity contribution in [2.75, 3.05) is 13.1 Å². The molecule has 1 heterocycles. The van der Waals surface area contributed by atoms with E-state index in [1.54, 1.807) is 0 Å². The minimum atomic E-state index is 0.324. The molecule has 3 fully saturated rings. The molecule has 0 unspecified atom stereocenters. The summed E-state index contributed by atoms with van der Waals surface area (Å²) in [4.78, 5) is 2.75. The lowest BCUT2D eigenvalue weighted by molar-refractivity contribution is -0.0982. The molecule has 1 aliphatic heterocycles. The zero-order chi connectivity index (χ0) is 13.5. The third-order valence-corrected chi connectivity index (χ3v) is 6.61. The Hall–Kier alpha value is -0.550. The molecular weight excluding hydrogens is 232 g/mol. The summed E-state index contributed by atoms with van der Waals surface area (Å²) in [5.74, 6) is 0.655. The molecule has 1 spiro atoms. The first-order chi connectivity index (χ1) is 9.09. The van der Waals surface area contributed by atoms with Crippen LogP contribution in [0.2, 0.25) is 0 Å². The second-order valence-electron chi connectivity index (χ2n) is 7.84. The van der Waals surface area contributed by atoms with Crippen molar-refractivity contribution in [1.82, 2.24) is 4.90 Å². The van der Waals surface area contributed by atoms with Gasteiger partial charge in [0, 0.05) is 25.6 Å². The molecule has 3 rings (SSSR count). The van der Waals surface area contributed by atoms with Gasteiger partial charge in [-0.1, -0.05) is 20.3 Å². The van der Waals surface area contributed by atoms with Crippen LogP contribution in [0.4, 0.5) is 0 Å². The maximum Gasteiger partial charge on any atom is 0.0627 e. The van der Waals surface area contributed by atoms with Gasteiger partial charge in [-0.3, -0.25) is 4.90 Å². The summed E-state index contributed by atoms with van der Waals surface area (Å²) in [5, 5.41) is 9.11. The maximum atomic E-state index is 9.11. The highest BCUT2D eigenvalue weighted by atomic mass is 15.2. The Morgan fingerprint density at radius 3 is 2.21 bits per heavy atom. The van der Waals surface area contributed by atoms with Gasteiger partial charge in [0.25, 0.3) is 0 Å². The van der Waals surface area contributed by atoms with Gasteiger partial charge in [-0.05, 0) is 55.3 Å². The fourth-order valence-electron chi connectivity index (χ4n) is 4.72. The Morgan fingerprint density at radius 1 is 1.16 bits per heavy atom. The van der Waals surface area contributed by atoms with Crippen LogP contribution in [0.15, 0.2) is 0 Å². The minimum Gasteiger partial charge on any atom is -0.299 e. The number of likely N-dealkylation sites (tertiary alicyclic amines) is 1. The second-order valence-corrected chi connectivity index (χ2v) is 7.84. The van der Waals surface area contributed by atoms with E-state index in [-0.39, 0.29) is 0 Å². The van der Waals surface area contributed by atoms with Crippen LogP contribution in [0.25, 0.3) is 0 Å². The third kappa shape index (κ3) is 2.21. The van der Waals surface area contributed by atoms with Crippen LogP contribution < -0.4 is 0 Å². The fraction of sp³-hybridized carbons (Fsp3) is 0.941. The predicted octanol–water partition coefficient (Wildman–Crippen LogP) is 3.97. The van der Waals surface area contributed by atoms with Crippen molar-refractivity contribution >= 4 is 0 Å². The first-order valence-corrected chi connectivity index (χ1v) is 8.20. The maximum absolute atomic E-state index is 9.11. The van der Waals surface area contributed by atoms with E-state index in [1.807, 2.05) is 0 Å². The van der Waals surface area contributed by atoms with Gasteiger partial charge in [-0.15, -0.1) is 0 Å². The summed E-state index contributed by atoms with van der Waals surface area (Å²) in [7, 11) is 0. The molecule has 2 saturated carbocycles. The molecule has 1 saturated heterocycles. The minimum absolute atomic E-state index is 0.324. The fourth-order valence-corrected chi connectivity index (χ4v) is 4.72. The molecule has 2 nitrogen and oxygen atoms in total. The normalized spacial score (nSPS) is 37.7. The van der Waals surface area contributed by atoms with Gasteiger partial charge >= 0.3 is 0 Å². The van der Waals surface area contributed by atoms with Crippen LogP contribution in [0.1, 0.15) is 65.2 Å². The number of rotatable bonds is 3. The van der Waals surface area contributed by atoms with E-state index < -0.39 is 0 Å². The summed E-state index contributed by atoms with van der Waals surface area (Å²) < 4.78 is 0. The van der Waals surface area contributed by atoms with Gasteiger partial charge in [0.2, 0.25) is 0 Å². The SMILES string of the molecule is CC(C)C1(CC#N)CCC(N2CC3(CCC3)C2)CC1. The van der Waals surface area contributed by atoms with Gasteiger partial charge < -0.3 is 0 Å². The van der Waals surface area contributed by atoms with Crippen LogP contribution in [-0.2, 0) is 0 Å². The third-order valence-electron chi connectivity index (χ3n) is 6.61. The quantitative estimate of drug-likeness (QED) is 0.767. The highest BCUT2D eigenvalue weighted by molar-refractivity contribution is 5.04. The lowest BCUT2D eigenvalue weighted by Crippen LogP contribution is -2.63. The number of nitriles is 1. The lowest BCUT2D eigenvalue weighted by atomic mass is 9.60. The molecule has 0 aromatic rings. The van der Waals surface area contributed by atoms with Gasteiger partial charge in [0.05, 0.1) is 6.07 Å². The van der Waals surface area contributed by atoms with Crippen molar-refractivity contribution in [2.24, 2.45) is 16.7 Å². The van der Waals surface area contributed by atoms with Crippen LogP contribution in [-0.4, -0.2) is 24.0 Å². The summed E-state index contributed by atoms with van der Waals surface area (Å²) in [6.07, 6.45) is 10.4. The molecule has 0 atom stereocenters. The molecule has 0 aromatic heterocycles. The monoisotopic (exact) mass is 260 g/mol. The summed E-state index contributed by atoms with van der Waals surface area (Å²) in [5.41, 5.74) is 1.09. The van der Waals surface area contributed by atoms with E-state index in [1.165, 1.54) is 58.0 Å². The standard InChI is InChI=1S/C17H28N2/c1-14(2)17(10-11-18)8-4-15(5-9-17)19-12-16(13-19)6-3-7-16/h14-15H,3-10,12-13H2,1-2H3. The average Bonchev–Trinajstić information content (AvgIpc) is 2.27. The van der Waals surface area contributed by atoms with E-state index in [0.29, 0.717) is 11.3 Å². The molecule has 0 amide bonds. The Morgan fingerprint density at radius 2 is 1.79 bits per heavy atom. The second kappa shape index (κ2) is 4.77. The topological polar surface area (TPSA) is 27.0 Å². The van der Waals surface area contributed by atoms with E-state index in [2.05, 4.69) is 24.8 Å². The Labute approximate surface area is 118 Å². The van der Waals surface area contributed by atoms with Gasteiger partial charge in [0.15, 0.2) is 0 Å². The van der Waals surface area contributed by atoms with E-state index in [0.717, 1.165) is 17.9 Å². The van der Waals surface area contributed by atoms with Gasteiger partial charge in [-0.25, -0.2) is 0 Å². The van der Waals surface area contributed by atoms with Gasteiger partial charge in [-0.2, -0.15) is 5.26 Å². The lowest BCUT2D eigenvalue weighted by Gasteiger charge is -2.60. The smallest absolute Gasteiger partial charge is 0.0627 e. The zero-order valence-corrected chi connectivity index (χ0v) is 12.6. The van der Waals surface area contributed by atoms with Crippen molar-refractivity contribution in [3.05, 3.63) is 0 Å². The Balaban J connectivity index is 1.53. The molecule has 2 aliphatic carbocycles. The van der Waals surface area contributed by atoms with Crippen LogP contribution in [0.5, 0.6) is 0 Å². The summed E-state index contributed by atoms with van der Waals surface area (Å²) >= 11 is 0. The molecule has 2 heteroatoms. The highest BCUT2D eigenvalue weighted by Gasteiger charge is 2.50. The number of nitrogens with zero attached hydrogens (tertiary/aromatic N) is 2. The first kappa shape index (κ1) is 13.4. The first-order valence-electron chi connectivity index (χ1n) is 8.20. The largest absolute Gasteiger partial charge is 0.299 e. The molecular formula is C17H28N2. The van der Waals surface area contributed by atoms with Gasteiger partial charge in [0.1, 0.15) is 0 Å². The number of hydrogen-bond acceptors (Lipinski definition) is 2. The molecule has 3 aliphatic rings.